The predicted octanol–water partition coefficient (Wildman–Crippen LogP) is 1.52. The van der Waals surface area contributed by atoms with Crippen molar-refractivity contribution in [2.45, 2.75) is 0 Å². The summed E-state index contributed by atoms with van der Waals surface area (Å²) in [5.41, 5.74) is 1.06. The van der Waals surface area contributed by atoms with Gasteiger partial charge in [0.05, 0.1) is 11.7 Å². The standard InChI is InChI=1S/C9H6N2O/c10-5-7-8-3-1-2-4-11(8)6-9(7)12/h1-4,6,12H. The van der Waals surface area contributed by atoms with Crippen LogP contribution >= 0.6 is 0 Å². The van der Waals surface area contributed by atoms with Gasteiger partial charge in [-0.25, -0.2) is 0 Å². The van der Waals surface area contributed by atoms with Crippen molar-refractivity contribution in [3.05, 3.63) is 36.2 Å². The summed E-state index contributed by atoms with van der Waals surface area (Å²) < 4.78 is 1.72. The highest BCUT2D eigenvalue weighted by Crippen LogP contribution is 2.22. The Hall–Kier alpha value is -1.95. The molecular weight excluding hydrogens is 152 g/mol. The Morgan fingerprint density at radius 2 is 2.25 bits per heavy atom. The molecule has 0 atom stereocenters. The topological polar surface area (TPSA) is 48.4 Å². The third-order valence-corrected chi connectivity index (χ3v) is 1.78. The normalized spacial score (nSPS) is 9.92. The number of aromatic nitrogens is 1. The van der Waals surface area contributed by atoms with E-state index in [0.717, 1.165) is 5.52 Å². The van der Waals surface area contributed by atoms with E-state index in [4.69, 9.17) is 5.26 Å². The van der Waals surface area contributed by atoms with Crippen molar-refractivity contribution in [1.29, 1.82) is 5.26 Å². The first-order valence-corrected chi connectivity index (χ1v) is 3.51. The third-order valence-electron chi connectivity index (χ3n) is 1.78. The summed E-state index contributed by atoms with van der Waals surface area (Å²) >= 11 is 0. The number of hydrogen-bond acceptors (Lipinski definition) is 2. The van der Waals surface area contributed by atoms with Crippen LogP contribution in [0, 0.1) is 11.3 Å². The van der Waals surface area contributed by atoms with Crippen molar-refractivity contribution >= 4 is 5.52 Å². The van der Waals surface area contributed by atoms with Crippen LogP contribution in [-0.2, 0) is 0 Å². The van der Waals surface area contributed by atoms with Crippen LogP contribution < -0.4 is 0 Å². The minimum absolute atomic E-state index is 0.0312. The van der Waals surface area contributed by atoms with E-state index in [1.165, 1.54) is 6.20 Å². The van der Waals surface area contributed by atoms with E-state index in [2.05, 4.69) is 0 Å². The van der Waals surface area contributed by atoms with Gasteiger partial charge in [0.2, 0.25) is 0 Å². The second-order valence-corrected chi connectivity index (χ2v) is 2.49. The lowest BCUT2D eigenvalue weighted by Gasteiger charge is -1.89. The molecule has 0 aromatic carbocycles. The maximum absolute atomic E-state index is 9.29. The molecule has 0 saturated heterocycles. The lowest BCUT2D eigenvalue weighted by Crippen LogP contribution is -1.78. The van der Waals surface area contributed by atoms with Gasteiger partial charge in [-0.3, -0.25) is 0 Å². The largest absolute Gasteiger partial charge is 0.505 e. The number of aromatic hydroxyl groups is 1. The van der Waals surface area contributed by atoms with Crippen molar-refractivity contribution in [2.75, 3.05) is 0 Å². The lowest BCUT2D eigenvalue weighted by molar-refractivity contribution is 0.474. The summed E-state index contributed by atoms with van der Waals surface area (Å²) in [6.07, 6.45) is 3.31. The molecule has 0 amide bonds. The summed E-state index contributed by atoms with van der Waals surface area (Å²) in [5, 5.41) is 18.0. The molecule has 2 rings (SSSR count). The van der Waals surface area contributed by atoms with Gasteiger partial charge >= 0.3 is 0 Å². The van der Waals surface area contributed by atoms with E-state index in [9.17, 15) is 5.11 Å². The average Bonchev–Trinajstić information content (AvgIpc) is 2.40. The molecule has 0 aliphatic heterocycles. The van der Waals surface area contributed by atoms with E-state index in [1.807, 2.05) is 18.2 Å². The summed E-state index contributed by atoms with van der Waals surface area (Å²) in [6.45, 7) is 0. The summed E-state index contributed by atoms with van der Waals surface area (Å²) in [4.78, 5) is 0. The molecule has 3 nitrogen and oxygen atoms in total. The van der Waals surface area contributed by atoms with Crippen LogP contribution in [0.1, 0.15) is 5.56 Å². The smallest absolute Gasteiger partial charge is 0.152 e. The predicted molar refractivity (Wildman–Crippen MR) is 43.8 cm³/mol. The summed E-state index contributed by atoms with van der Waals surface area (Å²) in [6, 6.07) is 7.41. The van der Waals surface area contributed by atoms with Crippen LogP contribution in [0.25, 0.3) is 5.52 Å². The highest BCUT2D eigenvalue weighted by molar-refractivity contribution is 5.67. The number of nitrogens with zero attached hydrogens (tertiary/aromatic N) is 2. The number of nitriles is 1. The van der Waals surface area contributed by atoms with Gasteiger partial charge in [-0.1, -0.05) is 6.07 Å². The molecule has 2 aromatic heterocycles. The fourth-order valence-corrected chi connectivity index (χ4v) is 1.22. The zero-order chi connectivity index (χ0) is 8.55. The third kappa shape index (κ3) is 0.753. The van der Waals surface area contributed by atoms with Crippen LogP contribution in [-0.4, -0.2) is 9.51 Å². The highest BCUT2D eigenvalue weighted by atomic mass is 16.3. The number of pyridine rings is 1. The van der Waals surface area contributed by atoms with Crippen LogP contribution in [0.2, 0.25) is 0 Å². The minimum Gasteiger partial charge on any atom is -0.505 e. The summed E-state index contributed by atoms with van der Waals surface area (Å²) in [5.74, 6) is 0.0312. The molecule has 0 fully saturated rings. The van der Waals surface area contributed by atoms with Crippen LogP contribution in [0.3, 0.4) is 0 Å². The molecule has 0 unspecified atom stereocenters. The van der Waals surface area contributed by atoms with Crippen molar-refractivity contribution in [3.63, 3.8) is 0 Å². The Balaban J connectivity index is 2.93. The SMILES string of the molecule is N#Cc1c(O)cn2ccccc12. The molecule has 0 aliphatic rings. The molecule has 0 saturated carbocycles. The zero-order valence-electron chi connectivity index (χ0n) is 6.23. The van der Waals surface area contributed by atoms with Gasteiger partial charge in [0, 0.05) is 6.20 Å². The van der Waals surface area contributed by atoms with E-state index < -0.39 is 0 Å². The minimum atomic E-state index is 0.0312. The summed E-state index contributed by atoms with van der Waals surface area (Å²) in [7, 11) is 0. The highest BCUT2D eigenvalue weighted by Gasteiger charge is 2.06. The van der Waals surface area contributed by atoms with Crippen LogP contribution in [0.15, 0.2) is 30.6 Å². The molecular formula is C9H6N2O. The Morgan fingerprint density at radius 3 is 3.00 bits per heavy atom. The Bertz CT molecular complexity index is 465. The Labute approximate surface area is 69.1 Å². The molecule has 0 spiro atoms. The van der Waals surface area contributed by atoms with Gasteiger partial charge in [-0.05, 0) is 12.1 Å². The molecule has 1 N–H and O–H groups in total. The van der Waals surface area contributed by atoms with E-state index in [1.54, 1.807) is 16.7 Å². The first-order chi connectivity index (χ1) is 5.83. The van der Waals surface area contributed by atoms with Crippen LogP contribution in [0.5, 0.6) is 5.75 Å². The lowest BCUT2D eigenvalue weighted by atomic mass is 10.3. The molecule has 0 aliphatic carbocycles. The second kappa shape index (κ2) is 2.28. The molecule has 2 heterocycles. The molecule has 58 valence electrons. The van der Waals surface area contributed by atoms with Gasteiger partial charge in [0.15, 0.2) is 5.75 Å². The van der Waals surface area contributed by atoms with Gasteiger partial charge in [0.1, 0.15) is 11.6 Å². The maximum Gasteiger partial charge on any atom is 0.152 e. The second-order valence-electron chi connectivity index (χ2n) is 2.49. The number of hydrogen-bond donors (Lipinski definition) is 1. The number of rotatable bonds is 0. The first kappa shape index (κ1) is 6.74. The molecule has 3 heteroatoms. The number of fused-ring (bicyclic) bond motifs is 1. The molecule has 2 aromatic rings. The first-order valence-electron chi connectivity index (χ1n) is 3.51. The Kier molecular flexibility index (Phi) is 1.28. The van der Waals surface area contributed by atoms with Crippen molar-refractivity contribution < 1.29 is 5.11 Å². The van der Waals surface area contributed by atoms with Crippen molar-refractivity contribution in [2.24, 2.45) is 0 Å². The van der Waals surface area contributed by atoms with Gasteiger partial charge in [-0.2, -0.15) is 5.26 Å². The van der Waals surface area contributed by atoms with Gasteiger partial charge < -0.3 is 9.51 Å². The average molecular weight is 158 g/mol. The Morgan fingerprint density at radius 1 is 1.42 bits per heavy atom. The van der Waals surface area contributed by atoms with Gasteiger partial charge in [-0.15, -0.1) is 0 Å². The van der Waals surface area contributed by atoms with Crippen molar-refractivity contribution in [1.82, 2.24) is 4.40 Å². The van der Waals surface area contributed by atoms with E-state index >= 15 is 0 Å². The van der Waals surface area contributed by atoms with Gasteiger partial charge in [0.25, 0.3) is 0 Å². The fraction of sp³-hybridized carbons (Fsp3) is 0. The molecule has 0 radical (unpaired) electrons. The zero-order valence-corrected chi connectivity index (χ0v) is 6.23. The van der Waals surface area contributed by atoms with E-state index in [0.29, 0.717) is 5.56 Å². The fourth-order valence-electron chi connectivity index (χ4n) is 1.22. The maximum atomic E-state index is 9.29. The monoisotopic (exact) mass is 158 g/mol. The molecule has 0 bridgehead atoms. The van der Waals surface area contributed by atoms with Crippen LogP contribution in [0.4, 0.5) is 0 Å². The van der Waals surface area contributed by atoms with E-state index in [-0.39, 0.29) is 5.75 Å². The van der Waals surface area contributed by atoms with Crippen molar-refractivity contribution in [3.8, 4) is 11.8 Å². The molecule has 12 heavy (non-hydrogen) atoms. The quantitative estimate of drug-likeness (QED) is 0.631.